The number of anilines is 1. The highest BCUT2D eigenvalue weighted by atomic mass is 19.1. The second-order valence-corrected chi connectivity index (χ2v) is 18.9. The van der Waals surface area contributed by atoms with E-state index in [1.165, 1.54) is 0 Å². The number of rotatable bonds is 4. The molecule has 4 fully saturated rings. The van der Waals surface area contributed by atoms with E-state index in [2.05, 4.69) is 15.5 Å². The average Bonchev–Trinajstić information content (AvgIpc) is 3.69. The fourth-order valence-electron chi connectivity index (χ4n) is 10.6. The van der Waals surface area contributed by atoms with Crippen molar-refractivity contribution in [3.63, 3.8) is 0 Å². The minimum atomic E-state index is -0.940. The van der Waals surface area contributed by atoms with E-state index in [0.717, 1.165) is 42.1 Å². The zero-order chi connectivity index (χ0) is 41.3. The smallest absolute Gasteiger partial charge is 0.415 e. The minimum absolute atomic E-state index is 0.0141. The third kappa shape index (κ3) is 7.71. The molecular formula is C44H54F2N8O5. The fourth-order valence-corrected chi connectivity index (χ4v) is 10.6. The number of piperidine rings is 1. The summed E-state index contributed by atoms with van der Waals surface area (Å²) >= 11 is 0. The Morgan fingerprint density at radius 1 is 1.02 bits per heavy atom. The molecule has 314 valence electrons. The molecule has 2 amide bonds. The predicted molar refractivity (Wildman–Crippen MR) is 220 cm³/mol. The van der Waals surface area contributed by atoms with Gasteiger partial charge >= 0.3 is 18.2 Å². The van der Waals surface area contributed by atoms with Gasteiger partial charge in [-0.3, -0.25) is 9.88 Å². The molecule has 59 heavy (non-hydrogen) atoms. The molecule has 0 spiro atoms. The largest absolute Gasteiger partial charge is 0.461 e. The summed E-state index contributed by atoms with van der Waals surface area (Å²) in [6.45, 7) is 13.5. The molecule has 2 N–H and O–H groups in total. The summed E-state index contributed by atoms with van der Waals surface area (Å²) in [5.41, 5.74) is -0.445. The molecule has 10 rings (SSSR count). The van der Waals surface area contributed by atoms with Crippen LogP contribution in [-0.4, -0.2) is 118 Å². The highest BCUT2D eigenvalue weighted by Crippen LogP contribution is 2.42. The maximum atomic E-state index is 17.7. The lowest BCUT2D eigenvalue weighted by atomic mass is 9.91. The van der Waals surface area contributed by atoms with Crippen molar-refractivity contribution in [3.05, 3.63) is 47.9 Å². The van der Waals surface area contributed by atoms with E-state index in [4.69, 9.17) is 29.2 Å². The Morgan fingerprint density at radius 2 is 1.81 bits per heavy atom. The first-order valence-corrected chi connectivity index (χ1v) is 21.0. The highest BCUT2D eigenvalue weighted by molar-refractivity contribution is 6.02. The number of carbonyl (C=O) groups excluding carboxylic acids is 2. The molecule has 6 aliphatic rings. The molecule has 4 saturated heterocycles. The van der Waals surface area contributed by atoms with Gasteiger partial charge in [0.15, 0.2) is 5.82 Å². The van der Waals surface area contributed by atoms with Crippen molar-refractivity contribution in [2.75, 3.05) is 57.4 Å². The SMILES string of the molecule is CC1(C)CN(C(=O)Oc2cc3c4c(cccc4c2)CCCOC(=O)N[C@]2(C)CCCN(C2)c2nc(OC[C@@]45CCCN4C[C@H](F)C5)nc4c(F)c-3ncc24)CC(C)(C)N1. The first-order valence-electron chi connectivity index (χ1n) is 21.0. The summed E-state index contributed by atoms with van der Waals surface area (Å²) in [6.07, 6.45) is 4.22. The van der Waals surface area contributed by atoms with Crippen LogP contribution >= 0.6 is 0 Å². The number of piperazine rings is 1. The van der Waals surface area contributed by atoms with Crippen LogP contribution in [0.2, 0.25) is 0 Å². The Bertz CT molecular complexity index is 2310. The number of aromatic nitrogens is 3. The number of hydrogen-bond donors (Lipinski definition) is 2. The van der Waals surface area contributed by atoms with Gasteiger partial charge in [-0.25, -0.2) is 18.4 Å². The first kappa shape index (κ1) is 39.6. The second-order valence-electron chi connectivity index (χ2n) is 18.9. The monoisotopic (exact) mass is 812 g/mol. The number of carbonyl (C=O) groups is 2. The first-order chi connectivity index (χ1) is 28.1. The van der Waals surface area contributed by atoms with Gasteiger partial charge in [0.05, 0.1) is 23.1 Å². The van der Waals surface area contributed by atoms with E-state index in [1.807, 2.05) is 57.7 Å². The Hall–Kier alpha value is -4.89. The summed E-state index contributed by atoms with van der Waals surface area (Å²) in [5.74, 6) is 0.00497. The zero-order valence-electron chi connectivity index (χ0n) is 34.6. The molecular weight excluding hydrogens is 759 g/mol. The number of hydrogen-bond acceptors (Lipinski definition) is 11. The summed E-state index contributed by atoms with van der Waals surface area (Å²) in [4.78, 5) is 47.3. The predicted octanol–water partition coefficient (Wildman–Crippen LogP) is 6.93. The quantitative estimate of drug-likeness (QED) is 0.222. The number of pyridine rings is 1. The van der Waals surface area contributed by atoms with E-state index in [-0.39, 0.29) is 47.3 Å². The lowest BCUT2D eigenvalue weighted by Gasteiger charge is -2.47. The number of fused-ring (bicyclic) bond motifs is 7. The van der Waals surface area contributed by atoms with Crippen LogP contribution in [0.3, 0.4) is 0 Å². The van der Waals surface area contributed by atoms with Gasteiger partial charge in [0.2, 0.25) is 0 Å². The van der Waals surface area contributed by atoms with Crippen molar-refractivity contribution < 1.29 is 32.6 Å². The summed E-state index contributed by atoms with van der Waals surface area (Å²) in [6, 6.07) is 9.23. The van der Waals surface area contributed by atoms with Crippen LogP contribution in [0.4, 0.5) is 24.2 Å². The Kier molecular flexibility index (Phi) is 9.85. The molecule has 15 heteroatoms. The number of halogens is 2. The van der Waals surface area contributed by atoms with Gasteiger partial charge in [0, 0.05) is 62.0 Å². The number of nitrogens with zero attached hydrogens (tertiary/aromatic N) is 6. The molecule has 13 nitrogen and oxygen atoms in total. The number of aryl methyl sites for hydroxylation is 1. The van der Waals surface area contributed by atoms with Gasteiger partial charge < -0.3 is 34.6 Å². The van der Waals surface area contributed by atoms with Crippen molar-refractivity contribution >= 4 is 39.7 Å². The van der Waals surface area contributed by atoms with Crippen molar-refractivity contribution in [1.29, 1.82) is 0 Å². The lowest BCUT2D eigenvalue weighted by Crippen LogP contribution is -2.67. The standard InChI is InChI=1S/C44H54F2N8O5/c1-41(2)23-53(24-42(3,4)51-41)40(56)59-30-18-28-11-6-10-27-12-7-17-57-39(55)50-43(5)13-8-15-52(25-43)37-32-21-47-35(31(19-30)33(27)28)34(46)36(32)48-38(49-37)58-26-44-14-9-16-54(44)22-29(45)20-44/h6,10-11,18-19,21,29,51H,7-9,12-17,20,22-26H2,1-5H3,(H,50,55)/t29-,43-,44+/m1/s1. The van der Waals surface area contributed by atoms with Gasteiger partial charge in [-0.2, -0.15) is 9.97 Å². The van der Waals surface area contributed by atoms with Gasteiger partial charge in [-0.05, 0) is 108 Å². The van der Waals surface area contributed by atoms with Crippen LogP contribution in [0.5, 0.6) is 11.8 Å². The molecule has 2 aromatic carbocycles. The molecule has 6 bridgehead atoms. The minimum Gasteiger partial charge on any atom is -0.461 e. The fraction of sp³-hybridized carbons (Fsp3) is 0.568. The number of benzene rings is 2. The highest BCUT2D eigenvalue weighted by Gasteiger charge is 2.49. The van der Waals surface area contributed by atoms with Gasteiger partial charge in [0.1, 0.15) is 35.6 Å². The second kappa shape index (κ2) is 14.7. The molecule has 6 aliphatic heterocycles. The lowest BCUT2D eigenvalue weighted by molar-refractivity contribution is 0.0742. The normalized spacial score (nSPS) is 26.8. The maximum absolute atomic E-state index is 17.7. The van der Waals surface area contributed by atoms with E-state index >= 15 is 4.39 Å². The zero-order valence-corrected chi connectivity index (χ0v) is 34.6. The molecule has 0 unspecified atom stereocenters. The van der Waals surface area contributed by atoms with Gasteiger partial charge in [0.25, 0.3) is 0 Å². The Labute approximate surface area is 343 Å². The van der Waals surface area contributed by atoms with E-state index < -0.39 is 35.3 Å². The third-order valence-electron chi connectivity index (χ3n) is 12.7. The number of amides is 2. The van der Waals surface area contributed by atoms with Gasteiger partial charge in [-0.1, -0.05) is 18.2 Å². The van der Waals surface area contributed by atoms with Crippen LogP contribution in [0.15, 0.2) is 36.5 Å². The molecule has 4 aromatic rings. The van der Waals surface area contributed by atoms with Crippen LogP contribution in [-0.2, 0) is 11.2 Å². The van der Waals surface area contributed by atoms with Crippen molar-refractivity contribution in [2.24, 2.45) is 0 Å². The molecule has 2 aromatic heterocycles. The number of nitrogens with one attached hydrogen (secondary N) is 2. The van der Waals surface area contributed by atoms with Crippen molar-refractivity contribution in [2.45, 2.75) is 108 Å². The summed E-state index contributed by atoms with van der Waals surface area (Å²) in [7, 11) is 0. The topological polar surface area (TPSA) is 134 Å². The summed E-state index contributed by atoms with van der Waals surface area (Å²) < 4.78 is 50.6. The van der Waals surface area contributed by atoms with E-state index in [9.17, 15) is 14.0 Å². The summed E-state index contributed by atoms with van der Waals surface area (Å²) in [5, 5.41) is 8.52. The Morgan fingerprint density at radius 3 is 2.63 bits per heavy atom. The van der Waals surface area contributed by atoms with E-state index in [0.29, 0.717) is 75.2 Å². The average molecular weight is 813 g/mol. The molecule has 0 aliphatic carbocycles. The van der Waals surface area contributed by atoms with Crippen LogP contribution < -0.4 is 25.0 Å². The number of alkyl carbamates (subject to hydrolysis) is 1. The third-order valence-corrected chi connectivity index (χ3v) is 12.7. The van der Waals surface area contributed by atoms with Crippen molar-refractivity contribution in [1.82, 2.24) is 35.4 Å². The Balaban J connectivity index is 1.18. The molecule has 0 saturated carbocycles. The molecule has 3 atom stereocenters. The van der Waals surface area contributed by atoms with Crippen LogP contribution in [0, 0.1) is 5.82 Å². The van der Waals surface area contributed by atoms with Gasteiger partial charge in [-0.15, -0.1) is 0 Å². The van der Waals surface area contributed by atoms with Crippen LogP contribution in [0.25, 0.3) is 32.9 Å². The molecule has 0 radical (unpaired) electrons. The van der Waals surface area contributed by atoms with Crippen molar-refractivity contribution in [3.8, 4) is 23.0 Å². The molecule has 8 heterocycles. The number of ether oxygens (including phenoxy) is 3. The van der Waals surface area contributed by atoms with E-state index in [1.54, 1.807) is 23.2 Å². The van der Waals surface area contributed by atoms with Crippen LogP contribution in [0.1, 0.15) is 78.7 Å². The number of alkyl halides is 1. The maximum Gasteiger partial charge on any atom is 0.415 e.